The number of amides is 2. The van der Waals surface area contributed by atoms with E-state index in [4.69, 9.17) is 4.98 Å². The highest BCUT2D eigenvalue weighted by molar-refractivity contribution is 5.92. The summed E-state index contributed by atoms with van der Waals surface area (Å²) >= 11 is 0. The maximum atomic E-state index is 14.0. The number of rotatable bonds is 10. The molecule has 208 valence electrons. The van der Waals surface area contributed by atoms with Crippen LogP contribution in [0.25, 0.3) is 5.65 Å². The van der Waals surface area contributed by atoms with Gasteiger partial charge < -0.3 is 10.6 Å². The van der Waals surface area contributed by atoms with E-state index in [2.05, 4.69) is 20.7 Å². The van der Waals surface area contributed by atoms with Crippen molar-refractivity contribution in [2.45, 2.75) is 89.6 Å². The summed E-state index contributed by atoms with van der Waals surface area (Å²) in [5, 5.41) is 10.8. The van der Waals surface area contributed by atoms with E-state index < -0.39 is 12.0 Å². The van der Waals surface area contributed by atoms with Gasteiger partial charge in [-0.15, -0.1) is 0 Å². The second-order valence-corrected chi connectivity index (χ2v) is 10.9. The smallest absolute Gasteiger partial charge is 0.270 e. The third-order valence-corrected chi connectivity index (χ3v) is 7.85. The fourth-order valence-electron chi connectivity index (χ4n) is 5.45. The van der Waals surface area contributed by atoms with Gasteiger partial charge in [-0.2, -0.15) is 5.10 Å². The van der Waals surface area contributed by atoms with Crippen LogP contribution in [0.15, 0.2) is 36.7 Å². The highest BCUT2D eigenvalue weighted by Crippen LogP contribution is 2.42. The SMILES string of the molecule is CCCC(=O)N[C@@H](c1cnn2cc([C@@H](NC(=O)c3cccc(CC)n3)C3CCC(F)(F)CC3)nc2c1)C1CC1. The lowest BCUT2D eigenvalue weighted by Gasteiger charge is -2.33. The van der Waals surface area contributed by atoms with Crippen molar-refractivity contribution in [2.75, 3.05) is 0 Å². The van der Waals surface area contributed by atoms with Gasteiger partial charge in [-0.1, -0.05) is 19.9 Å². The molecule has 2 amide bonds. The minimum atomic E-state index is -2.68. The van der Waals surface area contributed by atoms with E-state index >= 15 is 0 Å². The summed E-state index contributed by atoms with van der Waals surface area (Å²) in [6, 6.07) is 6.56. The Morgan fingerprint density at radius 1 is 1.05 bits per heavy atom. The molecule has 39 heavy (non-hydrogen) atoms. The van der Waals surface area contributed by atoms with E-state index in [-0.39, 0.29) is 49.5 Å². The zero-order valence-electron chi connectivity index (χ0n) is 22.5. The number of carbonyl (C=O) groups is 2. The molecule has 0 aliphatic heterocycles. The predicted molar refractivity (Wildman–Crippen MR) is 142 cm³/mol. The van der Waals surface area contributed by atoms with E-state index in [0.29, 0.717) is 35.8 Å². The van der Waals surface area contributed by atoms with Crippen molar-refractivity contribution >= 4 is 17.5 Å². The Balaban J connectivity index is 1.43. The van der Waals surface area contributed by atoms with Crippen molar-refractivity contribution in [2.24, 2.45) is 11.8 Å². The maximum Gasteiger partial charge on any atom is 0.270 e. The third kappa shape index (κ3) is 6.42. The van der Waals surface area contributed by atoms with E-state index in [1.807, 2.05) is 26.0 Å². The van der Waals surface area contributed by atoms with Crippen molar-refractivity contribution < 1.29 is 18.4 Å². The number of aromatic nitrogens is 4. The monoisotopic (exact) mass is 538 g/mol. The second kappa shape index (κ2) is 11.4. The normalized spacial score (nSPS) is 19.0. The topological polar surface area (TPSA) is 101 Å². The second-order valence-electron chi connectivity index (χ2n) is 10.9. The number of halogens is 2. The molecule has 0 aromatic carbocycles. The molecule has 2 fully saturated rings. The average Bonchev–Trinajstić information content (AvgIpc) is 3.68. The van der Waals surface area contributed by atoms with Crippen molar-refractivity contribution in [3.05, 3.63) is 59.3 Å². The van der Waals surface area contributed by atoms with Crippen LogP contribution in [0, 0.1) is 11.8 Å². The molecule has 0 spiro atoms. The molecule has 3 aromatic heterocycles. The number of nitrogens with one attached hydrogen (secondary N) is 2. The first-order valence-electron chi connectivity index (χ1n) is 14.1. The van der Waals surface area contributed by atoms with Crippen molar-refractivity contribution in [3.63, 3.8) is 0 Å². The number of nitrogens with zero attached hydrogens (tertiary/aromatic N) is 4. The number of hydrogen-bond acceptors (Lipinski definition) is 5. The molecule has 2 saturated carbocycles. The molecule has 0 bridgehead atoms. The van der Waals surface area contributed by atoms with Gasteiger partial charge in [0.2, 0.25) is 11.8 Å². The number of pyridine rings is 1. The standard InChI is InChI=1S/C29H36F2N6O2/c1-3-6-25(38)35-26(18-9-10-18)20-15-24-34-23(17-37(24)32-16-20)27(19-11-13-29(30,31)14-12-19)36-28(39)22-8-5-7-21(4-2)33-22/h5,7-8,15-19,26-27H,3-4,6,9-14H2,1-2H3,(H,35,38)(H,36,39)/t26-,27+/m1/s1. The fraction of sp³-hybridized carbons (Fsp3) is 0.552. The molecule has 5 rings (SSSR count). The van der Waals surface area contributed by atoms with Gasteiger partial charge in [-0.05, 0) is 74.1 Å². The van der Waals surface area contributed by atoms with Gasteiger partial charge in [-0.3, -0.25) is 9.59 Å². The summed E-state index contributed by atoms with van der Waals surface area (Å²) in [7, 11) is 0. The third-order valence-electron chi connectivity index (χ3n) is 7.85. The van der Waals surface area contributed by atoms with Gasteiger partial charge in [0, 0.05) is 25.0 Å². The van der Waals surface area contributed by atoms with Crippen LogP contribution in [0.4, 0.5) is 8.78 Å². The minimum absolute atomic E-state index is 0.0240. The number of fused-ring (bicyclic) bond motifs is 1. The molecule has 8 nitrogen and oxygen atoms in total. The van der Waals surface area contributed by atoms with Crippen LogP contribution in [0.1, 0.15) is 105 Å². The molecule has 3 heterocycles. The fourth-order valence-corrected chi connectivity index (χ4v) is 5.45. The minimum Gasteiger partial charge on any atom is -0.349 e. The van der Waals surface area contributed by atoms with E-state index in [1.165, 1.54) is 0 Å². The van der Waals surface area contributed by atoms with Gasteiger partial charge in [-0.25, -0.2) is 23.3 Å². The largest absolute Gasteiger partial charge is 0.349 e. The van der Waals surface area contributed by atoms with Crippen LogP contribution in [0.2, 0.25) is 0 Å². The Morgan fingerprint density at radius 2 is 1.79 bits per heavy atom. The molecule has 0 saturated heterocycles. The Labute approximate surface area is 227 Å². The zero-order valence-corrected chi connectivity index (χ0v) is 22.5. The predicted octanol–water partition coefficient (Wildman–Crippen LogP) is 5.35. The number of imidazole rings is 1. The van der Waals surface area contributed by atoms with Crippen LogP contribution in [0.3, 0.4) is 0 Å². The first-order valence-corrected chi connectivity index (χ1v) is 14.1. The number of alkyl halides is 2. The van der Waals surface area contributed by atoms with Crippen LogP contribution >= 0.6 is 0 Å². The molecular formula is C29H36F2N6O2. The lowest BCUT2D eigenvalue weighted by molar-refractivity contribution is -0.122. The summed E-state index contributed by atoms with van der Waals surface area (Å²) in [6.07, 6.45) is 7.69. The van der Waals surface area contributed by atoms with Gasteiger partial charge in [0.1, 0.15) is 5.69 Å². The Bertz CT molecular complexity index is 1330. The lowest BCUT2D eigenvalue weighted by atomic mass is 9.81. The van der Waals surface area contributed by atoms with Gasteiger partial charge in [0.25, 0.3) is 5.91 Å². The summed E-state index contributed by atoms with van der Waals surface area (Å²) < 4.78 is 29.6. The number of carbonyl (C=O) groups excluding carboxylic acids is 2. The molecular weight excluding hydrogens is 502 g/mol. The number of aryl methyl sites for hydroxylation is 1. The summed E-state index contributed by atoms with van der Waals surface area (Å²) in [5.74, 6) is -2.83. The average molecular weight is 539 g/mol. The van der Waals surface area contributed by atoms with Crippen molar-refractivity contribution in [1.82, 2.24) is 30.2 Å². The first-order chi connectivity index (χ1) is 18.8. The van der Waals surface area contributed by atoms with E-state index in [9.17, 15) is 18.4 Å². The Morgan fingerprint density at radius 3 is 2.49 bits per heavy atom. The van der Waals surface area contributed by atoms with Crippen LogP contribution < -0.4 is 10.6 Å². The lowest BCUT2D eigenvalue weighted by Crippen LogP contribution is -2.37. The first kappa shape index (κ1) is 27.1. The molecule has 2 aliphatic carbocycles. The summed E-state index contributed by atoms with van der Waals surface area (Å²) in [6.45, 7) is 3.95. The Hall–Kier alpha value is -3.43. The summed E-state index contributed by atoms with van der Waals surface area (Å²) in [5.41, 5.74) is 3.15. The van der Waals surface area contributed by atoms with Gasteiger partial charge in [0.05, 0.1) is 30.2 Å². The van der Waals surface area contributed by atoms with Gasteiger partial charge in [0.15, 0.2) is 5.65 Å². The molecule has 0 radical (unpaired) electrons. The zero-order chi connectivity index (χ0) is 27.6. The number of hydrogen-bond donors (Lipinski definition) is 2. The van der Waals surface area contributed by atoms with Crippen molar-refractivity contribution in [3.8, 4) is 0 Å². The quantitative estimate of drug-likeness (QED) is 0.362. The van der Waals surface area contributed by atoms with Gasteiger partial charge >= 0.3 is 0 Å². The van der Waals surface area contributed by atoms with E-state index in [0.717, 1.165) is 30.5 Å². The molecule has 10 heteroatoms. The highest BCUT2D eigenvalue weighted by atomic mass is 19.3. The van der Waals surface area contributed by atoms with E-state index in [1.54, 1.807) is 29.0 Å². The molecule has 2 aliphatic rings. The van der Waals surface area contributed by atoms with Crippen molar-refractivity contribution in [1.29, 1.82) is 0 Å². The summed E-state index contributed by atoms with van der Waals surface area (Å²) in [4.78, 5) is 34.8. The molecule has 2 N–H and O–H groups in total. The van der Waals surface area contributed by atoms with Crippen LogP contribution in [-0.2, 0) is 11.2 Å². The molecule has 0 unspecified atom stereocenters. The molecule has 3 aromatic rings. The maximum absolute atomic E-state index is 14.0. The highest BCUT2D eigenvalue weighted by Gasteiger charge is 2.39. The van der Waals surface area contributed by atoms with Crippen LogP contribution in [-0.4, -0.2) is 37.3 Å². The molecule has 2 atom stereocenters. The Kier molecular flexibility index (Phi) is 7.91. The van der Waals surface area contributed by atoms with Crippen LogP contribution in [0.5, 0.6) is 0 Å².